The second kappa shape index (κ2) is 7.59. The zero-order chi connectivity index (χ0) is 18.8. The minimum absolute atomic E-state index is 0.0741. The summed E-state index contributed by atoms with van der Waals surface area (Å²) >= 11 is 3.32. The van der Waals surface area contributed by atoms with Gasteiger partial charge in [-0.2, -0.15) is 0 Å². The van der Waals surface area contributed by atoms with Gasteiger partial charge in [-0.1, -0.05) is 15.9 Å². The standard InChI is InChI=1S/C17H23BrFN3O3/c1-17(2,3)25-16(24)22-8-12(19)14(9-22)21-15(23)11-7-10(18)5-6-13(11)20-4/h5-7,12,14,20H,8-9H2,1-4H3,(H,21,23)/t12-,14+/m0/s1. The van der Waals surface area contributed by atoms with Crippen LogP contribution in [0.2, 0.25) is 0 Å². The number of carbonyl (C=O) groups is 2. The molecule has 138 valence electrons. The molecule has 1 fully saturated rings. The highest BCUT2D eigenvalue weighted by Gasteiger charge is 2.38. The van der Waals surface area contributed by atoms with Gasteiger partial charge in [0, 0.05) is 23.8 Å². The summed E-state index contributed by atoms with van der Waals surface area (Å²) < 4.78 is 20.3. The molecule has 2 N–H and O–H groups in total. The fourth-order valence-electron chi connectivity index (χ4n) is 2.54. The van der Waals surface area contributed by atoms with Crippen molar-refractivity contribution in [3.05, 3.63) is 28.2 Å². The molecule has 6 nitrogen and oxygen atoms in total. The number of carbonyl (C=O) groups excluding carboxylic acids is 2. The van der Waals surface area contributed by atoms with Gasteiger partial charge in [-0.3, -0.25) is 4.79 Å². The lowest BCUT2D eigenvalue weighted by Gasteiger charge is -2.24. The van der Waals surface area contributed by atoms with Gasteiger partial charge in [0.1, 0.15) is 11.8 Å². The molecule has 8 heteroatoms. The van der Waals surface area contributed by atoms with Crippen molar-refractivity contribution in [2.24, 2.45) is 0 Å². The summed E-state index contributed by atoms with van der Waals surface area (Å²) in [5, 5.41) is 5.60. The first-order chi connectivity index (χ1) is 11.6. The molecule has 1 saturated heterocycles. The van der Waals surface area contributed by atoms with Gasteiger partial charge >= 0.3 is 6.09 Å². The number of nitrogens with zero attached hydrogens (tertiary/aromatic N) is 1. The number of ether oxygens (including phenoxy) is 1. The third-order valence-corrected chi connectivity index (χ3v) is 4.21. The molecule has 0 aromatic heterocycles. The monoisotopic (exact) mass is 415 g/mol. The minimum atomic E-state index is -1.35. The molecule has 25 heavy (non-hydrogen) atoms. The summed E-state index contributed by atoms with van der Waals surface area (Å²) in [5.41, 5.74) is 0.389. The number of amides is 2. The smallest absolute Gasteiger partial charge is 0.410 e. The molecule has 1 aromatic carbocycles. The number of likely N-dealkylation sites (tertiary alicyclic amines) is 1. The van der Waals surface area contributed by atoms with E-state index in [9.17, 15) is 14.0 Å². The Balaban J connectivity index is 2.05. The molecule has 1 heterocycles. The van der Waals surface area contributed by atoms with Gasteiger partial charge in [0.25, 0.3) is 5.91 Å². The van der Waals surface area contributed by atoms with Crippen molar-refractivity contribution in [1.29, 1.82) is 0 Å². The number of alkyl halides is 1. The Morgan fingerprint density at radius 1 is 1.32 bits per heavy atom. The summed E-state index contributed by atoms with van der Waals surface area (Å²) in [6, 6.07) is 4.45. The molecular weight excluding hydrogens is 393 g/mol. The largest absolute Gasteiger partial charge is 0.444 e. The summed E-state index contributed by atoms with van der Waals surface area (Å²) in [6.45, 7) is 5.22. The molecule has 1 aliphatic heterocycles. The van der Waals surface area contributed by atoms with E-state index in [2.05, 4.69) is 26.6 Å². The Morgan fingerprint density at radius 3 is 2.60 bits per heavy atom. The number of hydrogen-bond acceptors (Lipinski definition) is 4. The lowest BCUT2D eigenvalue weighted by molar-refractivity contribution is 0.0281. The molecule has 0 saturated carbocycles. The third-order valence-electron chi connectivity index (χ3n) is 3.71. The van der Waals surface area contributed by atoms with Crippen LogP contribution in [0.5, 0.6) is 0 Å². The van der Waals surface area contributed by atoms with Gasteiger partial charge < -0.3 is 20.3 Å². The number of benzene rings is 1. The van der Waals surface area contributed by atoms with E-state index in [1.165, 1.54) is 4.90 Å². The summed E-state index contributed by atoms with van der Waals surface area (Å²) in [4.78, 5) is 25.8. The lowest BCUT2D eigenvalue weighted by atomic mass is 10.1. The number of nitrogens with one attached hydrogen (secondary N) is 2. The molecule has 0 spiro atoms. The average molecular weight is 416 g/mol. The Labute approximate surface area is 155 Å². The van der Waals surface area contributed by atoms with E-state index in [0.29, 0.717) is 11.3 Å². The highest BCUT2D eigenvalue weighted by atomic mass is 79.9. The zero-order valence-corrected chi connectivity index (χ0v) is 16.3. The maximum absolute atomic E-state index is 14.3. The molecule has 0 radical (unpaired) electrons. The van der Waals surface area contributed by atoms with Gasteiger partial charge in [0.2, 0.25) is 0 Å². The molecule has 0 unspecified atom stereocenters. The van der Waals surface area contributed by atoms with Crippen LogP contribution in [0.15, 0.2) is 22.7 Å². The predicted molar refractivity (Wildman–Crippen MR) is 97.6 cm³/mol. The van der Waals surface area contributed by atoms with Gasteiger partial charge in [0.15, 0.2) is 0 Å². The van der Waals surface area contributed by atoms with E-state index in [0.717, 1.165) is 4.47 Å². The summed E-state index contributed by atoms with van der Waals surface area (Å²) in [7, 11) is 1.71. The maximum atomic E-state index is 14.3. The van der Waals surface area contributed by atoms with Gasteiger partial charge in [0.05, 0.1) is 18.2 Å². The lowest BCUT2D eigenvalue weighted by Crippen LogP contribution is -2.42. The molecule has 1 aromatic rings. The predicted octanol–water partition coefficient (Wildman–Crippen LogP) is 3.18. The third kappa shape index (κ3) is 5.07. The average Bonchev–Trinajstić information content (AvgIpc) is 2.86. The number of hydrogen-bond donors (Lipinski definition) is 2. The SMILES string of the molecule is CNc1ccc(Br)cc1C(=O)N[C@@H]1CN(C(=O)OC(C)(C)C)C[C@@H]1F. The number of rotatable bonds is 3. The molecule has 1 aliphatic rings. The van der Waals surface area contributed by atoms with Crippen molar-refractivity contribution >= 4 is 33.6 Å². The van der Waals surface area contributed by atoms with E-state index >= 15 is 0 Å². The summed E-state index contributed by atoms with van der Waals surface area (Å²) in [6.07, 6.45) is -1.92. The molecule has 2 rings (SSSR count). The van der Waals surface area contributed by atoms with E-state index in [-0.39, 0.29) is 13.1 Å². The molecule has 0 aliphatic carbocycles. The summed E-state index contributed by atoms with van der Waals surface area (Å²) in [5.74, 6) is -0.399. The van der Waals surface area contributed by atoms with Crippen LogP contribution in [0.1, 0.15) is 31.1 Å². The fourth-order valence-corrected chi connectivity index (χ4v) is 2.91. The Morgan fingerprint density at radius 2 is 2.00 bits per heavy atom. The second-order valence-electron chi connectivity index (χ2n) is 6.92. The van der Waals surface area contributed by atoms with Crippen LogP contribution in [0.4, 0.5) is 14.9 Å². The van der Waals surface area contributed by atoms with E-state index < -0.39 is 29.8 Å². The highest BCUT2D eigenvalue weighted by Crippen LogP contribution is 2.22. The second-order valence-corrected chi connectivity index (χ2v) is 7.84. The molecular formula is C17H23BrFN3O3. The fraction of sp³-hybridized carbons (Fsp3) is 0.529. The zero-order valence-electron chi connectivity index (χ0n) is 14.7. The Hall–Kier alpha value is -1.83. The Kier molecular flexibility index (Phi) is 5.92. The van der Waals surface area contributed by atoms with E-state index in [4.69, 9.17) is 4.74 Å². The first kappa shape index (κ1) is 19.5. The van der Waals surface area contributed by atoms with Crippen LogP contribution in [-0.4, -0.2) is 54.9 Å². The molecule has 0 bridgehead atoms. The quantitative estimate of drug-likeness (QED) is 0.794. The maximum Gasteiger partial charge on any atom is 0.410 e. The van der Waals surface area contributed by atoms with Crippen LogP contribution in [0.25, 0.3) is 0 Å². The number of halogens is 2. The van der Waals surface area contributed by atoms with Crippen LogP contribution < -0.4 is 10.6 Å². The topological polar surface area (TPSA) is 70.7 Å². The number of anilines is 1. The van der Waals surface area contributed by atoms with Crippen molar-refractivity contribution in [3.63, 3.8) is 0 Å². The first-order valence-corrected chi connectivity index (χ1v) is 8.80. The Bertz CT molecular complexity index is 663. The van der Waals surface area contributed by atoms with Crippen LogP contribution >= 0.6 is 15.9 Å². The molecule has 2 amide bonds. The highest BCUT2D eigenvalue weighted by molar-refractivity contribution is 9.10. The molecule has 2 atom stereocenters. The normalized spacial score (nSPS) is 20.3. The van der Waals surface area contributed by atoms with E-state index in [1.807, 2.05) is 0 Å². The van der Waals surface area contributed by atoms with Crippen molar-refractivity contribution < 1.29 is 18.7 Å². The van der Waals surface area contributed by atoms with Crippen LogP contribution in [0, 0.1) is 0 Å². The van der Waals surface area contributed by atoms with Crippen molar-refractivity contribution in [2.45, 2.75) is 38.6 Å². The van der Waals surface area contributed by atoms with Crippen molar-refractivity contribution in [2.75, 3.05) is 25.5 Å². The van der Waals surface area contributed by atoms with Crippen molar-refractivity contribution in [3.8, 4) is 0 Å². The van der Waals surface area contributed by atoms with E-state index in [1.54, 1.807) is 46.0 Å². The first-order valence-electron chi connectivity index (χ1n) is 8.01. The van der Waals surface area contributed by atoms with Crippen LogP contribution in [-0.2, 0) is 4.74 Å². The minimum Gasteiger partial charge on any atom is -0.444 e. The van der Waals surface area contributed by atoms with Gasteiger partial charge in [-0.05, 0) is 39.0 Å². The van der Waals surface area contributed by atoms with Crippen LogP contribution in [0.3, 0.4) is 0 Å². The van der Waals surface area contributed by atoms with Gasteiger partial charge in [-0.25, -0.2) is 9.18 Å². The van der Waals surface area contributed by atoms with Gasteiger partial charge in [-0.15, -0.1) is 0 Å². The van der Waals surface area contributed by atoms with Crippen molar-refractivity contribution in [1.82, 2.24) is 10.2 Å².